The van der Waals surface area contributed by atoms with Crippen molar-refractivity contribution in [3.8, 4) is 5.75 Å². The van der Waals surface area contributed by atoms with Crippen LogP contribution in [0, 0.1) is 0 Å². The fourth-order valence-electron chi connectivity index (χ4n) is 1.65. The van der Waals surface area contributed by atoms with E-state index in [1.54, 1.807) is 0 Å². The van der Waals surface area contributed by atoms with Gasteiger partial charge in [0.15, 0.2) is 0 Å². The van der Waals surface area contributed by atoms with Crippen molar-refractivity contribution < 1.29 is 4.74 Å². The Labute approximate surface area is 116 Å². The molecule has 0 bridgehead atoms. The zero-order valence-electron chi connectivity index (χ0n) is 11.6. The zero-order valence-corrected chi connectivity index (χ0v) is 12.4. The largest absolute Gasteiger partial charge is 0.494 e. The Morgan fingerprint density at radius 3 is 2.61 bits per heavy atom. The Morgan fingerprint density at radius 1 is 1.17 bits per heavy atom. The van der Waals surface area contributed by atoms with Crippen LogP contribution in [0.5, 0.6) is 5.75 Å². The normalized spacial score (nSPS) is 10.6. The maximum absolute atomic E-state index is 5.56. The summed E-state index contributed by atoms with van der Waals surface area (Å²) in [5.41, 5.74) is 1.32. The average Bonchev–Trinajstić information content (AvgIpc) is 2.42. The van der Waals surface area contributed by atoms with Gasteiger partial charge in [-0.05, 0) is 55.5 Å². The number of rotatable bonds is 10. The van der Waals surface area contributed by atoms with E-state index in [4.69, 9.17) is 4.74 Å². The van der Waals surface area contributed by atoms with E-state index in [1.165, 1.54) is 24.2 Å². The van der Waals surface area contributed by atoms with E-state index in [1.807, 2.05) is 11.8 Å². The molecule has 102 valence electrons. The van der Waals surface area contributed by atoms with Crippen LogP contribution in [0.2, 0.25) is 0 Å². The van der Waals surface area contributed by atoms with Crippen molar-refractivity contribution in [2.45, 2.75) is 32.7 Å². The summed E-state index contributed by atoms with van der Waals surface area (Å²) < 4.78 is 5.56. The minimum Gasteiger partial charge on any atom is -0.494 e. The molecule has 1 aromatic rings. The summed E-state index contributed by atoms with van der Waals surface area (Å²) in [5, 5.41) is 3.47. The highest BCUT2D eigenvalue weighted by Gasteiger charge is 1.95. The maximum Gasteiger partial charge on any atom is 0.119 e. The van der Waals surface area contributed by atoms with Crippen molar-refractivity contribution in [1.82, 2.24) is 5.32 Å². The summed E-state index contributed by atoms with van der Waals surface area (Å²) in [4.78, 5) is 0. The van der Waals surface area contributed by atoms with Crippen molar-refractivity contribution in [3.63, 3.8) is 0 Å². The molecule has 0 aromatic heterocycles. The molecule has 0 aliphatic carbocycles. The highest BCUT2D eigenvalue weighted by Crippen LogP contribution is 2.12. The molecule has 1 rings (SSSR count). The predicted molar refractivity (Wildman–Crippen MR) is 81.6 cm³/mol. The number of thioether (sulfide) groups is 1. The first kappa shape index (κ1) is 15.4. The second-order valence-electron chi connectivity index (χ2n) is 4.37. The van der Waals surface area contributed by atoms with Gasteiger partial charge in [0.2, 0.25) is 0 Å². The minimum absolute atomic E-state index is 0.799. The molecular formula is C15H25NOS. The quantitative estimate of drug-likeness (QED) is 0.653. The van der Waals surface area contributed by atoms with Crippen LogP contribution >= 0.6 is 11.8 Å². The van der Waals surface area contributed by atoms with E-state index >= 15 is 0 Å². The Kier molecular flexibility index (Phi) is 8.78. The number of hydrogen-bond donors (Lipinski definition) is 1. The Balaban J connectivity index is 2.14. The predicted octanol–water partition coefficient (Wildman–Crippen LogP) is 3.71. The molecule has 0 amide bonds. The van der Waals surface area contributed by atoms with Gasteiger partial charge in [0, 0.05) is 6.54 Å². The summed E-state index contributed by atoms with van der Waals surface area (Å²) in [6, 6.07) is 8.39. The van der Waals surface area contributed by atoms with Gasteiger partial charge in [-0.15, -0.1) is 0 Å². The second kappa shape index (κ2) is 10.3. The molecule has 0 radical (unpaired) electrons. The van der Waals surface area contributed by atoms with Gasteiger partial charge in [0.25, 0.3) is 0 Å². The van der Waals surface area contributed by atoms with E-state index in [-0.39, 0.29) is 0 Å². The molecule has 0 spiro atoms. The number of nitrogens with one attached hydrogen (secondary N) is 1. The summed E-state index contributed by atoms with van der Waals surface area (Å²) in [5.74, 6) is 2.24. The average molecular weight is 267 g/mol. The van der Waals surface area contributed by atoms with Crippen molar-refractivity contribution in [2.24, 2.45) is 0 Å². The summed E-state index contributed by atoms with van der Waals surface area (Å²) in [7, 11) is 0. The molecule has 0 fully saturated rings. The Hall–Kier alpha value is -0.670. The highest BCUT2D eigenvalue weighted by atomic mass is 32.2. The first-order valence-corrected chi connectivity index (χ1v) is 8.17. The van der Waals surface area contributed by atoms with Gasteiger partial charge < -0.3 is 10.1 Å². The maximum atomic E-state index is 5.56. The van der Waals surface area contributed by atoms with E-state index in [2.05, 4.69) is 42.8 Å². The monoisotopic (exact) mass is 267 g/mol. The van der Waals surface area contributed by atoms with Crippen LogP contribution in [-0.4, -0.2) is 25.2 Å². The molecule has 1 aromatic carbocycles. The highest BCUT2D eigenvalue weighted by molar-refractivity contribution is 7.98. The minimum atomic E-state index is 0.799. The lowest BCUT2D eigenvalue weighted by atomic mass is 10.2. The molecule has 18 heavy (non-hydrogen) atoms. The third-order valence-corrected chi connectivity index (χ3v) is 3.37. The summed E-state index contributed by atoms with van der Waals surface area (Å²) >= 11 is 1.92. The smallest absolute Gasteiger partial charge is 0.119 e. The Bertz CT molecular complexity index is 300. The first-order valence-electron chi connectivity index (χ1n) is 6.78. The van der Waals surface area contributed by atoms with Crippen LogP contribution in [0.3, 0.4) is 0 Å². The van der Waals surface area contributed by atoms with Gasteiger partial charge in [0.05, 0.1) is 6.61 Å². The molecule has 0 aliphatic rings. The number of ether oxygens (including phenoxy) is 1. The lowest BCUT2D eigenvalue weighted by Gasteiger charge is -2.07. The van der Waals surface area contributed by atoms with Crippen molar-refractivity contribution in [3.05, 3.63) is 29.8 Å². The van der Waals surface area contributed by atoms with Gasteiger partial charge in [-0.3, -0.25) is 0 Å². The van der Waals surface area contributed by atoms with Crippen LogP contribution in [0.4, 0.5) is 0 Å². The van der Waals surface area contributed by atoms with E-state index in [0.29, 0.717) is 0 Å². The second-order valence-corrected chi connectivity index (χ2v) is 5.35. The number of unbranched alkanes of at least 4 members (excludes halogenated alkanes) is 1. The van der Waals surface area contributed by atoms with Crippen molar-refractivity contribution >= 4 is 11.8 Å². The van der Waals surface area contributed by atoms with Crippen molar-refractivity contribution in [2.75, 3.05) is 25.2 Å². The summed E-state index contributed by atoms with van der Waals surface area (Å²) in [6.45, 7) is 4.98. The molecule has 0 unspecified atom stereocenters. The van der Waals surface area contributed by atoms with Crippen LogP contribution in [0.25, 0.3) is 0 Å². The van der Waals surface area contributed by atoms with Gasteiger partial charge >= 0.3 is 0 Å². The zero-order chi connectivity index (χ0) is 13.1. The fourth-order valence-corrected chi connectivity index (χ4v) is 2.15. The van der Waals surface area contributed by atoms with Crippen molar-refractivity contribution in [1.29, 1.82) is 0 Å². The Morgan fingerprint density at radius 2 is 1.94 bits per heavy atom. The third-order valence-electron chi connectivity index (χ3n) is 2.68. The first-order chi connectivity index (χ1) is 8.86. The fraction of sp³-hybridized carbons (Fsp3) is 0.600. The van der Waals surface area contributed by atoms with Gasteiger partial charge in [-0.2, -0.15) is 11.8 Å². The number of hydrogen-bond acceptors (Lipinski definition) is 3. The topological polar surface area (TPSA) is 21.3 Å². The van der Waals surface area contributed by atoms with Crippen LogP contribution < -0.4 is 10.1 Å². The van der Waals surface area contributed by atoms with Gasteiger partial charge in [0.1, 0.15) is 5.75 Å². The van der Waals surface area contributed by atoms with E-state index < -0.39 is 0 Å². The molecule has 0 atom stereocenters. The third kappa shape index (κ3) is 6.92. The molecule has 1 N–H and O–H groups in total. The van der Waals surface area contributed by atoms with Gasteiger partial charge in [-0.1, -0.05) is 19.1 Å². The molecular weight excluding hydrogens is 242 g/mol. The molecule has 0 aliphatic heterocycles. The number of benzene rings is 1. The molecule has 2 nitrogen and oxygen atoms in total. The standard InChI is InChI=1S/C15H25NOS/c1-3-11-17-15-8-6-14(7-9-15)13-16-10-4-5-12-18-2/h6-9,16H,3-5,10-13H2,1-2H3. The molecule has 0 heterocycles. The van der Waals surface area contributed by atoms with Gasteiger partial charge in [-0.25, -0.2) is 0 Å². The lowest BCUT2D eigenvalue weighted by molar-refractivity contribution is 0.317. The molecule has 0 saturated carbocycles. The lowest BCUT2D eigenvalue weighted by Crippen LogP contribution is -2.14. The van der Waals surface area contributed by atoms with Crippen LogP contribution in [0.1, 0.15) is 31.7 Å². The molecule has 3 heteroatoms. The SMILES string of the molecule is CCCOc1ccc(CNCCCCSC)cc1. The van der Waals surface area contributed by atoms with Crippen LogP contribution in [-0.2, 0) is 6.54 Å². The summed E-state index contributed by atoms with van der Waals surface area (Å²) in [6.07, 6.45) is 5.78. The van der Waals surface area contributed by atoms with E-state index in [0.717, 1.165) is 31.9 Å². The van der Waals surface area contributed by atoms with Crippen LogP contribution in [0.15, 0.2) is 24.3 Å². The molecule has 0 saturated heterocycles. The van der Waals surface area contributed by atoms with E-state index in [9.17, 15) is 0 Å².